The SMILES string of the molecule is c1cc(CCN2CCNCC2)c2[nH]ncc2c1. The first-order valence-corrected chi connectivity index (χ1v) is 6.27. The van der Waals surface area contributed by atoms with Crippen LogP contribution in [-0.2, 0) is 6.42 Å². The predicted octanol–water partition coefficient (Wildman–Crippen LogP) is 1.01. The van der Waals surface area contributed by atoms with E-state index in [-0.39, 0.29) is 0 Å². The third-order valence-electron chi connectivity index (χ3n) is 3.47. The molecule has 2 aromatic rings. The molecule has 0 atom stereocenters. The van der Waals surface area contributed by atoms with Crippen LogP contribution in [-0.4, -0.2) is 47.8 Å². The summed E-state index contributed by atoms with van der Waals surface area (Å²) in [4.78, 5) is 2.52. The van der Waals surface area contributed by atoms with Crippen LogP contribution < -0.4 is 5.32 Å². The average molecular weight is 230 g/mol. The van der Waals surface area contributed by atoms with Crippen molar-refractivity contribution in [1.29, 1.82) is 0 Å². The lowest BCUT2D eigenvalue weighted by atomic mass is 10.1. The van der Waals surface area contributed by atoms with Crippen LogP contribution in [0, 0.1) is 0 Å². The lowest BCUT2D eigenvalue weighted by molar-refractivity contribution is 0.244. The molecule has 2 heterocycles. The van der Waals surface area contributed by atoms with Crippen molar-refractivity contribution in [2.24, 2.45) is 0 Å². The maximum atomic E-state index is 4.11. The molecule has 1 saturated heterocycles. The molecule has 1 aliphatic rings. The van der Waals surface area contributed by atoms with Crippen molar-refractivity contribution in [3.63, 3.8) is 0 Å². The molecule has 4 heteroatoms. The van der Waals surface area contributed by atoms with Crippen molar-refractivity contribution in [3.8, 4) is 0 Å². The van der Waals surface area contributed by atoms with Gasteiger partial charge in [0, 0.05) is 38.1 Å². The number of para-hydroxylation sites is 1. The Morgan fingerprint density at radius 2 is 2.12 bits per heavy atom. The molecule has 17 heavy (non-hydrogen) atoms. The van der Waals surface area contributed by atoms with E-state index in [2.05, 4.69) is 38.6 Å². The van der Waals surface area contributed by atoms with E-state index in [9.17, 15) is 0 Å². The fourth-order valence-electron chi connectivity index (χ4n) is 2.45. The van der Waals surface area contributed by atoms with Gasteiger partial charge in [0.15, 0.2) is 0 Å². The zero-order chi connectivity index (χ0) is 11.5. The number of aromatic amines is 1. The molecule has 0 radical (unpaired) electrons. The quantitative estimate of drug-likeness (QED) is 0.827. The lowest BCUT2D eigenvalue weighted by Crippen LogP contribution is -2.44. The van der Waals surface area contributed by atoms with E-state index in [1.807, 2.05) is 6.20 Å². The van der Waals surface area contributed by atoms with E-state index in [0.29, 0.717) is 0 Å². The Bertz CT molecular complexity index is 485. The smallest absolute Gasteiger partial charge is 0.0682 e. The maximum absolute atomic E-state index is 4.11. The van der Waals surface area contributed by atoms with E-state index >= 15 is 0 Å². The molecule has 2 N–H and O–H groups in total. The van der Waals surface area contributed by atoms with Gasteiger partial charge in [0.2, 0.25) is 0 Å². The highest BCUT2D eigenvalue weighted by Crippen LogP contribution is 2.16. The summed E-state index contributed by atoms with van der Waals surface area (Å²) in [7, 11) is 0. The Kier molecular flexibility index (Phi) is 3.07. The molecule has 1 fully saturated rings. The van der Waals surface area contributed by atoms with Gasteiger partial charge in [-0.3, -0.25) is 5.10 Å². The van der Waals surface area contributed by atoms with Crippen LogP contribution in [0.2, 0.25) is 0 Å². The molecule has 0 amide bonds. The minimum absolute atomic E-state index is 1.10. The van der Waals surface area contributed by atoms with Gasteiger partial charge in [-0.2, -0.15) is 5.10 Å². The normalized spacial score (nSPS) is 17.6. The number of hydrogen-bond acceptors (Lipinski definition) is 3. The van der Waals surface area contributed by atoms with Gasteiger partial charge in [0.25, 0.3) is 0 Å². The third kappa shape index (κ3) is 2.33. The fraction of sp³-hybridized carbons (Fsp3) is 0.462. The second kappa shape index (κ2) is 4.85. The summed E-state index contributed by atoms with van der Waals surface area (Å²) in [5, 5.41) is 11.8. The van der Waals surface area contributed by atoms with E-state index in [4.69, 9.17) is 0 Å². The van der Waals surface area contributed by atoms with Gasteiger partial charge >= 0.3 is 0 Å². The van der Waals surface area contributed by atoms with E-state index < -0.39 is 0 Å². The molecular weight excluding hydrogens is 212 g/mol. The highest BCUT2D eigenvalue weighted by molar-refractivity contribution is 5.81. The van der Waals surface area contributed by atoms with Crippen molar-refractivity contribution in [2.75, 3.05) is 32.7 Å². The highest BCUT2D eigenvalue weighted by atomic mass is 15.2. The Morgan fingerprint density at radius 1 is 1.24 bits per heavy atom. The van der Waals surface area contributed by atoms with Crippen LogP contribution >= 0.6 is 0 Å². The monoisotopic (exact) mass is 230 g/mol. The van der Waals surface area contributed by atoms with Gasteiger partial charge < -0.3 is 10.2 Å². The van der Waals surface area contributed by atoms with Crippen molar-refractivity contribution in [1.82, 2.24) is 20.4 Å². The lowest BCUT2D eigenvalue weighted by Gasteiger charge is -2.27. The molecule has 3 rings (SSSR count). The first-order chi connectivity index (χ1) is 8.43. The standard InChI is InChI=1S/C13H18N4/c1-2-11(13-12(3-1)10-15-16-13)4-7-17-8-5-14-6-9-17/h1-3,10,14H,4-9H2,(H,15,16). The Hall–Kier alpha value is -1.39. The van der Waals surface area contributed by atoms with Gasteiger partial charge in [-0.25, -0.2) is 0 Å². The molecule has 0 bridgehead atoms. The van der Waals surface area contributed by atoms with Crippen molar-refractivity contribution >= 4 is 10.9 Å². The first kappa shape index (κ1) is 10.7. The molecule has 0 aliphatic carbocycles. The molecule has 1 aromatic heterocycles. The molecule has 4 nitrogen and oxygen atoms in total. The number of hydrogen-bond donors (Lipinski definition) is 2. The first-order valence-electron chi connectivity index (χ1n) is 6.27. The van der Waals surface area contributed by atoms with Crippen LogP contribution in [0.3, 0.4) is 0 Å². The second-order valence-corrected chi connectivity index (χ2v) is 4.59. The van der Waals surface area contributed by atoms with Crippen LogP contribution in [0.1, 0.15) is 5.56 Å². The number of fused-ring (bicyclic) bond motifs is 1. The average Bonchev–Trinajstić information content (AvgIpc) is 2.86. The van der Waals surface area contributed by atoms with Crippen molar-refractivity contribution in [2.45, 2.75) is 6.42 Å². The number of nitrogens with zero attached hydrogens (tertiary/aromatic N) is 2. The number of rotatable bonds is 3. The number of aromatic nitrogens is 2. The van der Waals surface area contributed by atoms with Crippen LogP contribution in [0.15, 0.2) is 24.4 Å². The van der Waals surface area contributed by atoms with Gasteiger partial charge in [0.1, 0.15) is 0 Å². The molecular formula is C13H18N4. The zero-order valence-electron chi connectivity index (χ0n) is 9.95. The molecule has 1 aliphatic heterocycles. The Morgan fingerprint density at radius 3 is 3.00 bits per heavy atom. The third-order valence-corrected chi connectivity index (χ3v) is 3.47. The zero-order valence-corrected chi connectivity index (χ0v) is 9.95. The summed E-state index contributed by atoms with van der Waals surface area (Å²) < 4.78 is 0. The summed E-state index contributed by atoms with van der Waals surface area (Å²) in [6.07, 6.45) is 2.99. The Labute approximate surface area is 101 Å². The minimum atomic E-state index is 1.10. The summed E-state index contributed by atoms with van der Waals surface area (Å²) in [5.74, 6) is 0. The van der Waals surface area contributed by atoms with Crippen molar-refractivity contribution in [3.05, 3.63) is 30.0 Å². The molecule has 1 aromatic carbocycles. The summed E-state index contributed by atoms with van der Waals surface area (Å²) in [6.45, 7) is 5.71. The van der Waals surface area contributed by atoms with Crippen LogP contribution in [0.5, 0.6) is 0 Å². The number of piperazine rings is 1. The topological polar surface area (TPSA) is 44.0 Å². The maximum Gasteiger partial charge on any atom is 0.0682 e. The summed E-state index contributed by atoms with van der Waals surface area (Å²) in [6, 6.07) is 6.42. The highest BCUT2D eigenvalue weighted by Gasteiger charge is 2.10. The van der Waals surface area contributed by atoms with Crippen molar-refractivity contribution < 1.29 is 0 Å². The summed E-state index contributed by atoms with van der Waals surface area (Å²) >= 11 is 0. The molecule has 0 saturated carbocycles. The van der Waals surface area contributed by atoms with Gasteiger partial charge in [-0.1, -0.05) is 18.2 Å². The number of nitrogens with one attached hydrogen (secondary N) is 2. The van der Waals surface area contributed by atoms with Crippen LogP contribution in [0.4, 0.5) is 0 Å². The fourth-order valence-corrected chi connectivity index (χ4v) is 2.45. The molecule has 90 valence electrons. The predicted molar refractivity (Wildman–Crippen MR) is 69.1 cm³/mol. The molecule has 0 unspecified atom stereocenters. The number of H-pyrrole nitrogens is 1. The molecule has 0 spiro atoms. The minimum Gasteiger partial charge on any atom is -0.314 e. The van der Waals surface area contributed by atoms with E-state index in [1.54, 1.807) is 0 Å². The van der Waals surface area contributed by atoms with Crippen LogP contribution in [0.25, 0.3) is 10.9 Å². The summed E-state index contributed by atoms with van der Waals surface area (Å²) in [5.41, 5.74) is 2.57. The van der Waals surface area contributed by atoms with Gasteiger partial charge in [-0.15, -0.1) is 0 Å². The second-order valence-electron chi connectivity index (χ2n) is 4.59. The van der Waals surface area contributed by atoms with E-state index in [1.165, 1.54) is 29.6 Å². The van der Waals surface area contributed by atoms with E-state index in [0.717, 1.165) is 26.1 Å². The van der Waals surface area contributed by atoms with Gasteiger partial charge in [0.05, 0.1) is 11.7 Å². The largest absolute Gasteiger partial charge is 0.314 e. The van der Waals surface area contributed by atoms with Gasteiger partial charge in [-0.05, 0) is 12.0 Å². The number of benzene rings is 1. The Balaban J connectivity index is 1.69.